The Bertz CT molecular complexity index is 1490. The Hall–Kier alpha value is -3.32. The molecule has 0 radical (unpaired) electrons. The van der Waals surface area contributed by atoms with Crippen molar-refractivity contribution in [2.45, 2.75) is 110 Å². The number of thiazole rings is 1. The Labute approximate surface area is 319 Å². The molecule has 1 unspecified atom stereocenters. The minimum atomic E-state index is -0.465. The number of benzene rings is 1. The zero-order valence-corrected chi connectivity index (χ0v) is 34.1. The number of rotatable bonds is 10. The monoisotopic (exact) mass is 756 g/mol. The van der Waals surface area contributed by atoms with Gasteiger partial charge in [0.25, 0.3) is 0 Å². The van der Waals surface area contributed by atoms with E-state index in [0.29, 0.717) is 31.3 Å². The Kier molecular flexibility index (Phi) is 14.8. The van der Waals surface area contributed by atoms with Crippen molar-refractivity contribution in [3.63, 3.8) is 0 Å². The second-order valence-corrected chi connectivity index (χ2v) is 18.3. The fourth-order valence-corrected chi connectivity index (χ4v) is 9.22. The highest BCUT2D eigenvalue weighted by atomic mass is 32.2. The summed E-state index contributed by atoms with van der Waals surface area (Å²) in [6.07, 6.45) is 8.05. The number of thioether (sulfide) groups is 1. The minimum absolute atomic E-state index is 0.0907. The van der Waals surface area contributed by atoms with Gasteiger partial charge in [-0.2, -0.15) is 0 Å². The first-order valence-corrected chi connectivity index (χ1v) is 20.5. The van der Waals surface area contributed by atoms with Gasteiger partial charge in [-0.05, 0) is 76.3 Å². The number of aromatic nitrogens is 1. The molecule has 1 N–H and O–H groups in total. The van der Waals surface area contributed by atoms with Crippen LogP contribution in [0.1, 0.15) is 107 Å². The van der Waals surface area contributed by atoms with Crippen molar-refractivity contribution in [1.29, 1.82) is 0 Å². The lowest BCUT2D eigenvalue weighted by Gasteiger charge is -2.36. The summed E-state index contributed by atoms with van der Waals surface area (Å²) in [5.41, 5.74) is 2.07. The van der Waals surface area contributed by atoms with Crippen LogP contribution in [0.5, 0.6) is 0 Å². The molecule has 4 amide bonds. The largest absolute Gasteiger partial charge is 0.444 e. The molecule has 0 saturated carbocycles. The van der Waals surface area contributed by atoms with E-state index in [1.165, 1.54) is 10.4 Å². The molecule has 1 aromatic heterocycles. The van der Waals surface area contributed by atoms with Crippen LogP contribution < -0.4 is 5.32 Å². The molecule has 3 fully saturated rings. The van der Waals surface area contributed by atoms with Crippen LogP contribution in [-0.2, 0) is 25.5 Å². The Morgan fingerprint density at radius 3 is 2.27 bits per heavy atom. The fraction of sp³-hybridized carbons (Fsp3) is 0.667. The summed E-state index contributed by atoms with van der Waals surface area (Å²) in [7, 11) is 1.91. The van der Waals surface area contributed by atoms with Gasteiger partial charge in [0, 0.05) is 77.1 Å². The third kappa shape index (κ3) is 12.1. The van der Waals surface area contributed by atoms with Gasteiger partial charge in [0.05, 0.1) is 15.6 Å². The average Bonchev–Trinajstić information content (AvgIpc) is 3.74. The molecule has 5 rings (SSSR count). The van der Waals surface area contributed by atoms with E-state index in [9.17, 15) is 19.2 Å². The molecule has 3 aliphatic rings. The SMILES string of the molecule is CC(C)(C)CCN1C(=O)CSC1c1cnc(C2CCN(C(=O)OC(C)(C)C)CC2)s1.CNc1ccccc1CCN(C=O)C1CCN(C(C)=O)CC1. The van der Waals surface area contributed by atoms with Crippen LogP contribution in [0.4, 0.5) is 10.5 Å². The number of hydrogen-bond acceptors (Lipinski definition) is 9. The predicted molar refractivity (Wildman–Crippen MR) is 211 cm³/mol. The standard InChI is InChI=1S/C22H35N3O3S2.C17H25N3O2/c1-21(2,3)9-12-25-17(26)14-29-19(25)16-13-23-18(30-16)15-7-10-24(11-8-15)20(27)28-22(4,5)6;1-14(22)19-11-8-16(9-12-19)20(13-21)10-7-15-5-3-4-6-17(15)18-2/h13,15,19H,7-12,14H2,1-6H3;3-6,13,16,18H,7-12H2,1-2H3. The highest BCUT2D eigenvalue weighted by Crippen LogP contribution is 2.43. The maximum absolute atomic E-state index is 12.4. The maximum atomic E-state index is 12.4. The number of likely N-dealkylation sites (tertiary alicyclic amines) is 2. The number of amides is 4. The van der Waals surface area contributed by atoms with Crippen LogP contribution in [0.25, 0.3) is 0 Å². The summed E-state index contributed by atoms with van der Waals surface area (Å²) in [5.74, 6) is 1.28. The number of nitrogens with one attached hydrogen (secondary N) is 1. The molecule has 0 aliphatic carbocycles. The van der Waals surface area contributed by atoms with Crippen LogP contribution in [0, 0.1) is 5.41 Å². The average molecular weight is 757 g/mol. The number of carbonyl (C=O) groups is 4. The summed E-state index contributed by atoms with van der Waals surface area (Å²) in [5, 5.41) is 4.40. The van der Waals surface area contributed by atoms with Gasteiger partial charge in [-0.25, -0.2) is 9.78 Å². The highest BCUT2D eigenvalue weighted by molar-refractivity contribution is 8.00. The van der Waals surface area contributed by atoms with Gasteiger partial charge in [-0.15, -0.1) is 23.1 Å². The topological polar surface area (TPSA) is 115 Å². The van der Waals surface area contributed by atoms with Crippen molar-refractivity contribution in [3.05, 3.63) is 45.9 Å². The van der Waals surface area contributed by atoms with E-state index in [2.05, 4.69) is 32.2 Å². The Balaban J connectivity index is 0.000000244. The normalized spacial score (nSPS) is 18.9. The van der Waals surface area contributed by atoms with Gasteiger partial charge < -0.3 is 29.7 Å². The van der Waals surface area contributed by atoms with Crippen LogP contribution in [-0.4, -0.2) is 113 Å². The lowest BCUT2D eigenvalue weighted by molar-refractivity contribution is -0.131. The highest BCUT2D eigenvalue weighted by Gasteiger charge is 2.36. The molecule has 1 atom stereocenters. The van der Waals surface area contributed by atoms with Gasteiger partial charge in [-0.1, -0.05) is 39.0 Å². The minimum Gasteiger partial charge on any atom is -0.444 e. The van der Waals surface area contributed by atoms with E-state index in [0.717, 1.165) is 75.3 Å². The molecule has 4 heterocycles. The first-order valence-electron chi connectivity index (χ1n) is 18.7. The summed E-state index contributed by atoms with van der Waals surface area (Å²) in [6.45, 7) is 18.3. The first-order chi connectivity index (χ1) is 24.6. The fourth-order valence-electron chi connectivity index (χ4n) is 6.69. The van der Waals surface area contributed by atoms with Crippen molar-refractivity contribution in [3.8, 4) is 0 Å². The van der Waals surface area contributed by atoms with Crippen molar-refractivity contribution in [2.75, 3.05) is 57.4 Å². The number of ether oxygens (including phenoxy) is 1. The quantitative estimate of drug-likeness (QED) is 0.258. The molecule has 2 aromatic rings. The van der Waals surface area contributed by atoms with E-state index < -0.39 is 5.60 Å². The van der Waals surface area contributed by atoms with Crippen LogP contribution >= 0.6 is 23.1 Å². The number of hydrogen-bond donors (Lipinski definition) is 1. The van der Waals surface area contributed by atoms with E-state index >= 15 is 0 Å². The maximum Gasteiger partial charge on any atom is 0.410 e. The van der Waals surface area contributed by atoms with Gasteiger partial charge in [-0.3, -0.25) is 14.4 Å². The third-order valence-corrected chi connectivity index (χ3v) is 12.4. The van der Waals surface area contributed by atoms with Crippen molar-refractivity contribution in [1.82, 2.24) is 24.6 Å². The van der Waals surface area contributed by atoms with Gasteiger partial charge in [0.2, 0.25) is 18.2 Å². The molecule has 52 heavy (non-hydrogen) atoms. The second-order valence-electron chi connectivity index (χ2n) is 16.1. The lowest BCUT2D eigenvalue weighted by Crippen LogP contribution is -2.46. The summed E-state index contributed by atoms with van der Waals surface area (Å²) < 4.78 is 5.49. The van der Waals surface area contributed by atoms with Gasteiger partial charge in [0.15, 0.2) is 0 Å². The molecule has 288 valence electrons. The number of carbonyl (C=O) groups excluding carboxylic acids is 4. The van der Waals surface area contributed by atoms with E-state index in [-0.39, 0.29) is 34.7 Å². The van der Waals surface area contributed by atoms with Crippen LogP contribution in [0.15, 0.2) is 30.5 Å². The van der Waals surface area contributed by atoms with Gasteiger partial charge >= 0.3 is 6.09 Å². The molecule has 3 aliphatic heterocycles. The smallest absolute Gasteiger partial charge is 0.410 e. The summed E-state index contributed by atoms with van der Waals surface area (Å²) >= 11 is 3.44. The molecular weight excluding hydrogens is 697 g/mol. The molecule has 11 nitrogen and oxygen atoms in total. The second kappa shape index (κ2) is 18.6. The molecule has 0 bridgehead atoms. The van der Waals surface area contributed by atoms with E-state index in [4.69, 9.17) is 9.72 Å². The number of piperidine rings is 2. The Morgan fingerprint density at radius 1 is 1.02 bits per heavy atom. The van der Waals surface area contributed by atoms with E-state index in [1.807, 2.05) is 66.9 Å². The molecule has 3 saturated heterocycles. The summed E-state index contributed by atoms with van der Waals surface area (Å²) in [6, 6.07) is 8.41. The van der Waals surface area contributed by atoms with Crippen molar-refractivity contribution >= 4 is 53.1 Å². The zero-order chi connectivity index (χ0) is 38.1. The molecule has 1 aromatic carbocycles. The van der Waals surface area contributed by atoms with Crippen LogP contribution in [0.2, 0.25) is 0 Å². The number of nitrogens with zero attached hydrogens (tertiary/aromatic N) is 5. The number of para-hydroxylation sites is 1. The van der Waals surface area contributed by atoms with Gasteiger partial charge in [0.1, 0.15) is 11.0 Å². The predicted octanol–water partition coefficient (Wildman–Crippen LogP) is 7.01. The van der Waals surface area contributed by atoms with Crippen LogP contribution in [0.3, 0.4) is 0 Å². The van der Waals surface area contributed by atoms with E-state index in [1.54, 1.807) is 34.9 Å². The lowest BCUT2D eigenvalue weighted by atomic mass is 9.92. The summed E-state index contributed by atoms with van der Waals surface area (Å²) in [4.78, 5) is 61.0. The third-order valence-electron chi connectivity index (χ3n) is 9.79. The molecule has 0 spiro atoms. The molecular formula is C39H60N6O5S2. The number of anilines is 1. The van der Waals surface area contributed by atoms with Crippen molar-refractivity contribution in [2.24, 2.45) is 5.41 Å². The first kappa shape index (κ1) is 41.4. The van der Waals surface area contributed by atoms with Crippen molar-refractivity contribution < 1.29 is 23.9 Å². The zero-order valence-electron chi connectivity index (χ0n) is 32.5. The molecule has 13 heteroatoms. The Morgan fingerprint density at radius 2 is 1.67 bits per heavy atom.